The molecule has 0 amide bonds. The van der Waals surface area contributed by atoms with Gasteiger partial charge in [-0.3, -0.25) is 5.32 Å². The molecule has 1 atom stereocenters. The van der Waals surface area contributed by atoms with Gasteiger partial charge >= 0.3 is 0 Å². The first-order valence-electron chi connectivity index (χ1n) is 4.51. The van der Waals surface area contributed by atoms with E-state index in [9.17, 15) is 0 Å². The summed E-state index contributed by atoms with van der Waals surface area (Å²) < 4.78 is 0. The first kappa shape index (κ1) is 8.47. The van der Waals surface area contributed by atoms with Crippen molar-refractivity contribution in [3.8, 4) is 0 Å². The molecule has 0 aliphatic carbocycles. The summed E-state index contributed by atoms with van der Waals surface area (Å²) >= 11 is 0. The van der Waals surface area contributed by atoms with Crippen LogP contribution in [0.25, 0.3) is 0 Å². The maximum absolute atomic E-state index is 5.78. The van der Waals surface area contributed by atoms with E-state index in [4.69, 9.17) is 5.73 Å². The third kappa shape index (κ3) is 1.96. The van der Waals surface area contributed by atoms with Crippen molar-refractivity contribution in [2.45, 2.75) is 6.17 Å². The molecule has 1 fully saturated rings. The minimum absolute atomic E-state index is 0.0655. The summed E-state index contributed by atoms with van der Waals surface area (Å²) in [5, 5.41) is 3.19. The highest BCUT2D eigenvalue weighted by molar-refractivity contribution is 5.38. The SMILES string of the molecule is NC1CN(c2ccccn2)CCN1. The second kappa shape index (κ2) is 3.72. The lowest BCUT2D eigenvalue weighted by molar-refractivity contribution is 0.466. The second-order valence-corrected chi connectivity index (χ2v) is 3.19. The Morgan fingerprint density at radius 3 is 3.15 bits per heavy atom. The van der Waals surface area contributed by atoms with E-state index in [1.165, 1.54) is 0 Å². The van der Waals surface area contributed by atoms with Gasteiger partial charge in [-0.25, -0.2) is 4.98 Å². The highest BCUT2D eigenvalue weighted by atomic mass is 15.3. The van der Waals surface area contributed by atoms with Gasteiger partial charge in [0.1, 0.15) is 5.82 Å². The fraction of sp³-hybridized carbons (Fsp3) is 0.444. The summed E-state index contributed by atoms with van der Waals surface area (Å²) in [6.45, 7) is 2.74. The number of piperazine rings is 1. The molecule has 0 spiro atoms. The Morgan fingerprint density at radius 1 is 1.54 bits per heavy atom. The lowest BCUT2D eigenvalue weighted by Gasteiger charge is -2.32. The topological polar surface area (TPSA) is 54.2 Å². The van der Waals surface area contributed by atoms with Crippen molar-refractivity contribution >= 4 is 5.82 Å². The van der Waals surface area contributed by atoms with Crippen LogP contribution >= 0.6 is 0 Å². The van der Waals surface area contributed by atoms with Crippen LogP contribution in [0, 0.1) is 0 Å². The highest BCUT2D eigenvalue weighted by Crippen LogP contribution is 2.09. The Kier molecular flexibility index (Phi) is 2.42. The summed E-state index contributed by atoms with van der Waals surface area (Å²) in [4.78, 5) is 6.48. The second-order valence-electron chi connectivity index (χ2n) is 3.19. The number of aromatic nitrogens is 1. The van der Waals surface area contributed by atoms with Gasteiger partial charge in [0, 0.05) is 25.8 Å². The van der Waals surface area contributed by atoms with Crippen molar-refractivity contribution in [1.82, 2.24) is 10.3 Å². The molecule has 1 aliphatic heterocycles. The van der Waals surface area contributed by atoms with Crippen molar-refractivity contribution in [3.05, 3.63) is 24.4 Å². The molecule has 1 unspecified atom stereocenters. The van der Waals surface area contributed by atoms with Gasteiger partial charge in [0.05, 0.1) is 6.17 Å². The van der Waals surface area contributed by atoms with Gasteiger partial charge in [0.15, 0.2) is 0 Å². The van der Waals surface area contributed by atoms with Gasteiger partial charge < -0.3 is 10.6 Å². The van der Waals surface area contributed by atoms with Crippen molar-refractivity contribution < 1.29 is 0 Å². The van der Waals surface area contributed by atoms with Crippen molar-refractivity contribution in [3.63, 3.8) is 0 Å². The standard InChI is InChI=1S/C9H14N4/c10-8-7-13(6-5-11-8)9-3-1-2-4-12-9/h1-4,8,11H,5-7,10H2. The van der Waals surface area contributed by atoms with Crippen LogP contribution in [0.4, 0.5) is 5.82 Å². The van der Waals surface area contributed by atoms with E-state index in [-0.39, 0.29) is 6.17 Å². The van der Waals surface area contributed by atoms with E-state index < -0.39 is 0 Å². The van der Waals surface area contributed by atoms with Crippen LogP contribution in [0.5, 0.6) is 0 Å². The van der Waals surface area contributed by atoms with Crippen LogP contribution < -0.4 is 16.0 Å². The summed E-state index contributed by atoms with van der Waals surface area (Å²) in [6.07, 6.45) is 1.87. The Labute approximate surface area is 77.8 Å². The molecule has 4 heteroatoms. The zero-order chi connectivity index (χ0) is 9.10. The molecule has 2 heterocycles. The van der Waals surface area contributed by atoms with E-state index in [1.807, 2.05) is 24.4 Å². The fourth-order valence-corrected chi connectivity index (χ4v) is 1.53. The van der Waals surface area contributed by atoms with Crippen LogP contribution in [-0.4, -0.2) is 30.8 Å². The van der Waals surface area contributed by atoms with Gasteiger partial charge in [0.2, 0.25) is 0 Å². The van der Waals surface area contributed by atoms with Crippen molar-refractivity contribution in [2.24, 2.45) is 5.73 Å². The average molecular weight is 178 g/mol. The number of nitrogens with two attached hydrogens (primary N) is 1. The van der Waals surface area contributed by atoms with E-state index in [2.05, 4.69) is 15.2 Å². The number of nitrogens with zero attached hydrogens (tertiary/aromatic N) is 2. The maximum Gasteiger partial charge on any atom is 0.128 e. The Balaban J connectivity index is 2.08. The van der Waals surface area contributed by atoms with E-state index in [1.54, 1.807) is 0 Å². The van der Waals surface area contributed by atoms with Gasteiger partial charge in [-0.2, -0.15) is 0 Å². The van der Waals surface area contributed by atoms with Crippen LogP contribution in [0.3, 0.4) is 0 Å². The molecule has 13 heavy (non-hydrogen) atoms. The molecule has 70 valence electrons. The number of nitrogens with one attached hydrogen (secondary N) is 1. The first-order valence-corrected chi connectivity index (χ1v) is 4.51. The summed E-state index contributed by atoms with van der Waals surface area (Å²) in [7, 11) is 0. The third-order valence-corrected chi connectivity index (χ3v) is 2.18. The summed E-state index contributed by atoms with van der Waals surface area (Å²) in [6, 6.07) is 5.93. The van der Waals surface area contributed by atoms with E-state index in [0.717, 1.165) is 25.5 Å². The quantitative estimate of drug-likeness (QED) is 0.624. The number of hydrogen-bond donors (Lipinski definition) is 2. The minimum atomic E-state index is 0.0655. The fourth-order valence-electron chi connectivity index (χ4n) is 1.53. The molecule has 2 rings (SSSR count). The van der Waals surface area contributed by atoms with Gasteiger partial charge in [-0.05, 0) is 12.1 Å². The molecular weight excluding hydrogens is 164 g/mol. The first-order chi connectivity index (χ1) is 6.36. The molecule has 0 bridgehead atoms. The van der Waals surface area contributed by atoms with Crippen LogP contribution in [-0.2, 0) is 0 Å². The molecule has 0 aromatic carbocycles. The smallest absolute Gasteiger partial charge is 0.128 e. The molecule has 1 saturated heterocycles. The highest BCUT2D eigenvalue weighted by Gasteiger charge is 2.16. The summed E-state index contributed by atoms with van der Waals surface area (Å²) in [5.74, 6) is 1.01. The van der Waals surface area contributed by atoms with Gasteiger partial charge in [-0.15, -0.1) is 0 Å². The predicted octanol–water partition coefficient (Wildman–Crippen LogP) is -0.224. The van der Waals surface area contributed by atoms with E-state index >= 15 is 0 Å². The molecule has 3 N–H and O–H groups in total. The molecule has 1 aromatic rings. The normalized spacial score (nSPS) is 23.2. The van der Waals surface area contributed by atoms with Crippen LogP contribution in [0.15, 0.2) is 24.4 Å². The summed E-state index contributed by atoms with van der Waals surface area (Å²) in [5.41, 5.74) is 5.78. The minimum Gasteiger partial charge on any atom is -0.352 e. The number of pyridine rings is 1. The zero-order valence-corrected chi connectivity index (χ0v) is 7.48. The van der Waals surface area contributed by atoms with Crippen LogP contribution in [0.2, 0.25) is 0 Å². The average Bonchev–Trinajstić information content (AvgIpc) is 2.19. The van der Waals surface area contributed by atoms with Gasteiger partial charge in [-0.1, -0.05) is 6.07 Å². The van der Waals surface area contributed by atoms with Crippen molar-refractivity contribution in [1.29, 1.82) is 0 Å². The zero-order valence-electron chi connectivity index (χ0n) is 7.48. The lowest BCUT2D eigenvalue weighted by Crippen LogP contribution is -2.55. The molecule has 4 nitrogen and oxygen atoms in total. The molecular formula is C9H14N4. The number of anilines is 1. The van der Waals surface area contributed by atoms with Gasteiger partial charge in [0.25, 0.3) is 0 Å². The molecule has 1 aliphatic rings. The molecule has 0 saturated carbocycles. The lowest BCUT2D eigenvalue weighted by atomic mass is 10.3. The molecule has 1 aromatic heterocycles. The van der Waals surface area contributed by atoms with Crippen LogP contribution in [0.1, 0.15) is 0 Å². The van der Waals surface area contributed by atoms with Crippen molar-refractivity contribution in [2.75, 3.05) is 24.5 Å². The van der Waals surface area contributed by atoms with E-state index in [0.29, 0.717) is 0 Å². The Morgan fingerprint density at radius 2 is 2.46 bits per heavy atom. The number of hydrogen-bond acceptors (Lipinski definition) is 4. The Bertz CT molecular complexity index is 262. The maximum atomic E-state index is 5.78. The largest absolute Gasteiger partial charge is 0.352 e. The predicted molar refractivity (Wildman–Crippen MR) is 52.4 cm³/mol. The monoisotopic (exact) mass is 178 g/mol. The molecule has 0 radical (unpaired) electrons. The Hall–Kier alpha value is -1.13. The third-order valence-electron chi connectivity index (χ3n) is 2.18. The number of rotatable bonds is 1.